The number of nitrogens with one attached hydrogen (secondary N) is 1. The molecule has 1 aromatic heterocycles. The molecular weight excluding hydrogens is 280 g/mol. The number of rotatable bonds is 5. The molecule has 0 spiro atoms. The third kappa shape index (κ3) is 3.77. The van der Waals surface area contributed by atoms with E-state index in [1.165, 1.54) is 9.75 Å². The molecule has 0 bridgehead atoms. The van der Waals surface area contributed by atoms with Crippen molar-refractivity contribution < 1.29 is 4.74 Å². The number of ether oxygens (including phenoxy) is 1. The van der Waals surface area contributed by atoms with Crippen molar-refractivity contribution in [1.82, 2.24) is 0 Å². The highest BCUT2D eigenvalue weighted by Crippen LogP contribution is 2.34. The van der Waals surface area contributed by atoms with Gasteiger partial charge in [0, 0.05) is 16.3 Å². The van der Waals surface area contributed by atoms with Crippen molar-refractivity contribution in [2.75, 3.05) is 19.0 Å². The standard InChI is InChI=1S/C17H24N2OS/c1-17(2,3)16-10-9-15(21-16)13(11-18)19-12-7-5-6-8-14(12)20-4/h5-10,13,19H,11,18H2,1-4H3. The molecule has 21 heavy (non-hydrogen) atoms. The summed E-state index contributed by atoms with van der Waals surface area (Å²) in [5, 5.41) is 3.49. The normalized spacial score (nSPS) is 13.0. The average molecular weight is 304 g/mol. The van der Waals surface area contributed by atoms with E-state index in [1.807, 2.05) is 35.6 Å². The lowest BCUT2D eigenvalue weighted by Crippen LogP contribution is -2.20. The molecule has 1 atom stereocenters. The fourth-order valence-corrected chi connectivity index (χ4v) is 3.27. The van der Waals surface area contributed by atoms with Crippen LogP contribution in [-0.4, -0.2) is 13.7 Å². The van der Waals surface area contributed by atoms with Crippen molar-refractivity contribution in [2.24, 2.45) is 5.73 Å². The number of benzene rings is 1. The summed E-state index contributed by atoms with van der Waals surface area (Å²) in [4.78, 5) is 2.63. The summed E-state index contributed by atoms with van der Waals surface area (Å²) in [6, 6.07) is 12.4. The number of thiophene rings is 1. The summed E-state index contributed by atoms with van der Waals surface area (Å²) in [6.07, 6.45) is 0. The first-order valence-corrected chi connectivity index (χ1v) is 7.97. The largest absolute Gasteiger partial charge is 0.495 e. The molecule has 0 fully saturated rings. The van der Waals surface area contributed by atoms with E-state index >= 15 is 0 Å². The Bertz CT molecular complexity index is 586. The van der Waals surface area contributed by atoms with Gasteiger partial charge in [-0.1, -0.05) is 32.9 Å². The van der Waals surface area contributed by atoms with E-state index in [1.54, 1.807) is 7.11 Å². The zero-order valence-electron chi connectivity index (χ0n) is 13.1. The Balaban J connectivity index is 2.22. The van der Waals surface area contributed by atoms with Gasteiger partial charge in [-0.05, 0) is 29.7 Å². The Morgan fingerprint density at radius 3 is 2.48 bits per heavy atom. The average Bonchev–Trinajstić information content (AvgIpc) is 2.94. The van der Waals surface area contributed by atoms with Gasteiger partial charge in [0.15, 0.2) is 0 Å². The van der Waals surface area contributed by atoms with Gasteiger partial charge in [0.1, 0.15) is 5.75 Å². The number of para-hydroxylation sites is 2. The first kappa shape index (κ1) is 15.9. The molecule has 1 heterocycles. The molecule has 0 aliphatic carbocycles. The van der Waals surface area contributed by atoms with Gasteiger partial charge < -0.3 is 15.8 Å². The Hall–Kier alpha value is -1.52. The number of methoxy groups -OCH3 is 1. The maximum Gasteiger partial charge on any atom is 0.141 e. The van der Waals surface area contributed by atoms with Crippen LogP contribution in [0.15, 0.2) is 36.4 Å². The van der Waals surface area contributed by atoms with Gasteiger partial charge in [0.05, 0.1) is 18.8 Å². The lowest BCUT2D eigenvalue weighted by molar-refractivity contribution is 0.416. The summed E-state index contributed by atoms with van der Waals surface area (Å²) in [7, 11) is 1.68. The third-order valence-electron chi connectivity index (χ3n) is 3.38. The molecule has 3 N–H and O–H groups in total. The van der Waals surface area contributed by atoms with Gasteiger partial charge in [-0.25, -0.2) is 0 Å². The molecular formula is C17H24N2OS. The molecule has 0 aliphatic heterocycles. The summed E-state index contributed by atoms with van der Waals surface area (Å²) in [5.41, 5.74) is 7.11. The fourth-order valence-electron chi connectivity index (χ4n) is 2.14. The minimum Gasteiger partial charge on any atom is -0.495 e. The second kappa shape index (κ2) is 6.50. The SMILES string of the molecule is COc1ccccc1NC(CN)c1ccc(C(C)(C)C)s1. The molecule has 0 saturated carbocycles. The second-order valence-corrected chi connectivity index (χ2v) is 7.20. The second-order valence-electron chi connectivity index (χ2n) is 6.08. The molecule has 0 saturated heterocycles. The van der Waals surface area contributed by atoms with Crippen LogP contribution >= 0.6 is 11.3 Å². The Morgan fingerprint density at radius 1 is 1.19 bits per heavy atom. The lowest BCUT2D eigenvalue weighted by atomic mass is 9.95. The highest BCUT2D eigenvalue weighted by atomic mass is 32.1. The van der Waals surface area contributed by atoms with Crippen molar-refractivity contribution in [3.63, 3.8) is 0 Å². The smallest absolute Gasteiger partial charge is 0.141 e. The number of anilines is 1. The van der Waals surface area contributed by atoms with E-state index < -0.39 is 0 Å². The van der Waals surface area contributed by atoms with Gasteiger partial charge in [-0.15, -0.1) is 11.3 Å². The topological polar surface area (TPSA) is 47.3 Å². The molecule has 2 rings (SSSR count). The summed E-state index contributed by atoms with van der Waals surface area (Å²) < 4.78 is 5.39. The van der Waals surface area contributed by atoms with E-state index in [4.69, 9.17) is 10.5 Å². The molecule has 114 valence electrons. The lowest BCUT2D eigenvalue weighted by Gasteiger charge is -2.19. The minimum absolute atomic E-state index is 0.0994. The van der Waals surface area contributed by atoms with Gasteiger partial charge in [0.2, 0.25) is 0 Å². The molecule has 0 amide bonds. The Labute approximate surface area is 131 Å². The van der Waals surface area contributed by atoms with Crippen LogP contribution in [0.2, 0.25) is 0 Å². The van der Waals surface area contributed by atoms with E-state index in [9.17, 15) is 0 Å². The maximum atomic E-state index is 5.97. The van der Waals surface area contributed by atoms with Crippen LogP contribution < -0.4 is 15.8 Å². The quantitative estimate of drug-likeness (QED) is 0.871. The van der Waals surface area contributed by atoms with Crippen molar-refractivity contribution in [3.05, 3.63) is 46.2 Å². The van der Waals surface area contributed by atoms with Crippen LogP contribution in [0.1, 0.15) is 36.6 Å². The fraction of sp³-hybridized carbons (Fsp3) is 0.412. The molecule has 4 heteroatoms. The van der Waals surface area contributed by atoms with Gasteiger partial charge in [-0.2, -0.15) is 0 Å². The van der Waals surface area contributed by atoms with E-state index in [0.29, 0.717) is 6.54 Å². The molecule has 1 unspecified atom stereocenters. The van der Waals surface area contributed by atoms with E-state index in [0.717, 1.165) is 11.4 Å². The van der Waals surface area contributed by atoms with Crippen molar-refractivity contribution in [2.45, 2.75) is 32.2 Å². The molecule has 1 aromatic carbocycles. The van der Waals surface area contributed by atoms with Crippen LogP contribution in [-0.2, 0) is 5.41 Å². The van der Waals surface area contributed by atoms with Gasteiger partial charge in [0.25, 0.3) is 0 Å². The van der Waals surface area contributed by atoms with Crippen LogP contribution in [0, 0.1) is 0 Å². The first-order valence-electron chi connectivity index (χ1n) is 7.15. The van der Waals surface area contributed by atoms with Gasteiger partial charge >= 0.3 is 0 Å². The van der Waals surface area contributed by atoms with Crippen molar-refractivity contribution >= 4 is 17.0 Å². The van der Waals surface area contributed by atoms with Crippen molar-refractivity contribution in [3.8, 4) is 5.75 Å². The van der Waals surface area contributed by atoms with E-state index in [-0.39, 0.29) is 11.5 Å². The summed E-state index contributed by atoms with van der Waals surface area (Å²) >= 11 is 1.82. The number of hydrogen-bond acceptors (Lipinski definition) is 4. The van der Waals surface area contributed by atoms with E-state index in [2.05, 4.69) is 38.2 Å². The summed E-state index contributed by atoms with van der Waals surface area (Å²) in [5.74, 6) is 0.837. The Kier molecular flexibility index (Phi) is 4.91. The van der Waals surface area contributed by atoms with Gasteiger partial charge in [-0.3, -0.25) is 0 Å². The van der Waals surface area contributed by atoms with Crippen LogP contribution in [0.3, 0.4) is 0 Å². The van der Waals surface area contributed by atoms with Crippen LogP contribution in [0.5, 0.6) is 5.75 Å². The minimum atomic E-state index is 0.0994. The zero-order valence-corrected chi connectivity index (χ0v) is 14.0. The van der Waals surface area contributed by atoms with Crippen LogP contribution in [0.25, 0.3) is 0 Å². The molecule has 2 aromatic rings. The highest BCUT2D eigenvalue weighted by molar-refractivity contribution is 7.12. The predicted molar refractivity (Wildman–Crippen MR) is 91.4 cm³/mol. The zero-order chi connectivity index (χ0) is 15.5. The molecule has 0 radical (unpaired) electrons. The predicted octanol–water partition coefficient (Wildman–Crippen LogP) is 4.17. The number of hydrogen-bond donors (Lipinski definition) is 2. The third-order valence-corrected chi connectivity index (χ3v) is 5.01. The Morgan fingerprint density at radius 2 is 1.90 bits per heavy atom. The molecule has 3 nitrogen and oxygen atoms in total. The summed E-state index contributed by atoms with van der Waals surface area (Å²) in [6.45, 7) is 7.23. The van der Waals surface area contributed by atoms with Crippen LogP contribution in [0.4, 0.5) is 5.69 Å². The highest BCUT2D eigenvalue weighted by Gasteiger charge is 2.19. The maximum absolute atomic E-state index is 5.97. The molecule has 0 aliphatic rings. The first-order chi connectivity index (χ1) is 9.95. The number of nitrogens with two attached hydrogens (primary N) is 1. The van der Waals surface area contributed by atoms with Crippen molar-refractivity contribution in [1.29, 1.82) is 0 Å². The monoisotopic (exact) mass is 304 g/mol.